The number of aliphatic hydroxyl groups is 1. The van der Waals surface area contributed by atoms with E-state index < -0.39 is 6.10 Å². The van der Waals surface area contributed by atoms with Gasteiger partial charge in [0, 0.05) is 67.9 Å². The number of methoxy groups -OCH3 is 1. The number of fused-ring (bicyclic) bond motifs is 1. The van der Waals surface area contributed by atoms with E-state index in [0.29, 0.717) is 41.5 Å². The Morgan fingerprint density at radius 1 is 1.04 bits per heavy atom. The maximum absolute atomic E-state index is 13.1. The van der Waals surface area contributed by atoms with Gasteiger partial charge in [-0.15, -0.1) is 0 Å². The van der Waals surface area contributed by atoms with Crippen molar-refractivity contribution in [2.24, 2.45) is 5.92 Å². The average Bonchev–Trinajstić information content (AvgIpc) is 3.67. The van der Waals surface area contributed by atoms with Crippen molar-refractivity contribution >= 4 is 38.5 Å². The van der Waals surface area contributed by atoms with Gasteiger partial charge in [-0.05, 0) is 62.8 Å². The number of rotatable bonds is 9. The van der Waals surface area contributed by atoms with E-state index in [2.05, 4.69) is 37.1 Å². The number of nitrogens with one attached hydrogen (secondary N) is 1. The monoisotopic (exact) mass is 657 g/mol. The van der Waals surface area contributed by atoms with Gasteiger partial charge in [0.1, 0.15) is 6.61 Å². The highest BCUT2D eigenvalue weighted by Crippen LogP contribution is 2.36. The van der Waals surface area contributed by atoms with Gasteiger partial charge in [-0.1, -0.05) is 17.4 Å². The molecule has 2 saturated carbocycles. The number of carbonyl (C=O) groups excluding carboxylic acids is 2. The molecule has 13 heteroatoms. The molecule has 2 aliphatic carbocycles. The number of nitrogens with zero attached hydrogens (tertiary/aromatic N) is 6. The molecule has 7 rings (SSSR count). The second-order valence-electron chi connectivity index (χ2n) is 12.7. The van der Waals surface area contributed by atoms with Crippen LogP contribution in [0.5, 0.6) is 5.88 Å². The third-order valence-corrected chi connectivity index (χ3v) is 10.5. The van der Waals surface area contributed by atoms with Crippen LogP contribution in [0.1, 0.15) is 55.2 Å². The molecule has 1 aromatic carbocycles. The standard InChI is InChI=1S/C34H39N7O5S/c1-20-18-40(33(44)22-7-9-31(45-2)37-15-22)10-11-41(20)25-12-23(13-25)32(43)39-34-38-26-8-6-21(14-29(26)47-34)24-16-35-30(36-17-24)19-46-28-5-3-4-27(28)42/h6-9,14-17,20,23,25,27-28,42H,3-5,10-13,18-19H2,1-2H3,(H,38,39,43)/t20-,23?,25?,27-,28-/m0/s1. The topological polar surface area (TPSA) is 143 Å². The molecule has 3 aliphatic rings. The van der Waals surface area contributed by atoms with Crippen LogP contribution in [0, 0.1) is 5.92 Å². The zero-order chi connectivity index (χ0) is 32.5. The minimum Gasteiger partial charge on any atom is -0.481 e. The molecule has 1 saturated heterocycles. The number of benzene rings is 1. The molecule has 2 amide bonds. The Kier molecular flexibility index (Phi) is 9.13. The normalized spacial score (nSPS) is 24.7. The van der Waals surface area contributed by atoms with Crippen molar-refractivity contribution < 1.29 is 24.2 Å². The summed E-state index contributed by atoms with van der Waals surface area (Å²) in [5, 5.41) is 13.6. The van der Waals surface area contributed by atoms with Crippen LogP contribution in [-0.2, 0) is 16.1 Å². The number of hydrogen-bond donors (Lipinski definition) is 2. The third kappa shape index (κ3) is 6.84. The van der Waals surface area contributed by atoms with Crippen molar-refractivity contribution in [2.45, 2.75) is 69.9 Å². The number of amides is 2. The van der Waals surface area contributed by atoms with E-state index in [1.807, 2.05) is 23.1 Å². The third-order valence-electron chi connectivity index (χ3n) is 9.61. The fraction of sp³-hybridized carbons (Fsp3) is 0.471. The van der Waals surface area contributed by atoms with Crippen molar-refractivity contribution in [1.82, 2.24) is 29.7 Å². The average molecular weight is 658 g/mol. The Balaban J connectivity index is 0.895. The van der Waals surface area contributed by atoms with Gasteiger partial charge in [-0.25, -0.2) is 19.9 Å². The number of aromatic nitrogens is 4. The number of piperazine rings is 1. The van der Waals surface area contributed by atoms with E-state index in [1.54, 1.807) is 37.8 Å². The zero-order valence-corrected chi connectivity index (χ0v) is 27.4. The Labute approximate surface area is 277 Å². The van der Waals surface area contributed by atoms with Crippen LogP contribution in [0.3, 0.4) is 0 Å². The van der Waals surface area contributed by atoms with Crippen LogP contribution in [0.15, 0.2) is 48.9 Å². The zero-order valence-electron chi connectivity index (χ0n) is 26.5. The second-order valence-corrected chi connectivity index (χ2v) is 13.7. The number of anilines is 1. The van der Waals surface area contributed by atoms with Gasteiger partial charge >= 0.3 is 0 Å². The smallest absolute Gasteiger partial charge is 0.255 e. The number of thiazole rings is 1. The molecule has 47 heavy (non-hydrogen) atoms. The van der Waals surface area contributed by atoms with Crippen molar-refractivity contribution in [2.75, 3.05) is 32.1 Å². The predicted octanol–water partition coefficient (Wildman–Crippen LogP) is 4.15. The molecular formula is C34H39N7O5S. The molecule has 0 radical (unpaired) electrons. The molecule has 4 aromatic rings. The Hall–Kier alpha value is -4.04. The summed E-state index contributed by atoms with van der Waals surface area (Å²) in [6.45, 7) is 4.49. The van der Waals surface area contributed by atoms with Crippen molar-refractivity contribution in [3.05, 3.63) is 60.3 Å². The first kappa shape index (κ1) is 31.6. The summed E-state index contributed by atoms with van der Waals surface area (Å²) in [7, 11) is 1.55. The van der Waals surface area contributed by atoms with Crippen molar-refractivity contribution in [3.8, 4) is 17.0 Å². The molecular weight excluding hydrogens is 618 g/mol. The lowest BCUT2D eigenvalue weighted by Crippen LogP contribution is -2.60. The summed E-state index contributed by atoms with van der Waals surface area (Å²) >= 11 is 1.46. The molecule has 0 spiro atoms. The van der Waals surface area contributed by atoms with Crippen LogP contribution < -0.4 is 10.1 Å². The lowest BCUT2D eigenvalue weighted by Gasteiger charge is -2.49. The number of pyridine rings is 1. The van der Waals surface area contributed by atoms with Crippen LogP contribution in [-0.4, -0.2) is 97.7 Å². The SMILES string of the molecule is COc1ccc(C(=O)N2CCN(C3CC(C(=O)Nc4nc5ccc(-c6cnc(CO[C@H]7CCC[C@@H]7O)nc6)cc5s4)C3)[C@@H](C)C2)cn1. The number of hydrogen-bond acceptors (Lipinski definition) is 11. The lowest BCUT2D eigenvalue weighted by molar-refractivity contribution is -0.125. The first-order chi connectivity index (χ1) is 22.8. The quantitative estimate of drug-likeness (QED) is 0.270. The molecule has 246 valence electrons. The Morgan fingerprint density at radius 2 is 1.87 bits per heavy atom. The van der Waals surface area contributed by atoms with Crippen LogP contribution in [0.25, 0.3) is 21.3 Å². The van der Waals surface area contributed by atoms with Crippen LogP contribution in [0.4, 0.5) is 5.13 Å². The molecule has 2 N–H and O–H groups in total. The van der Waals surface area contributed by atoms with Crippen LogP contribution in [0.2, 0.25) is 0 Å². The van der Waals surface area contributed by atoms with E-state index in [4.69, 9.17) is 9.47 Å². The summed E-state index contributed by atoms with van der Waals surface area (Å²) in [6.07, 6.45) is 8.81. The summed E-state index contributed by atoms with van der Waals surface area (Å²) < 4.78 is 11.9. The van der Waals surface area contributed by atoms with Gasteiger partial charge < -0.3 is 24.8 Å². The van der Waals surface area contributed by atoms with E-state index in [1.165, 1.54) is 11.3 Å². The summed E-state index contributed by atoms with van der Waals surface area (Å²) in [6, 6.07) is 9.96. The number of ether oxygens (including phenoxy) is 2. The molecule has 12 nitrogen and oxygen atoms in total. The molecule has 0 bridgehead atoms. The first-order valence-corrected chi connectivity index (χ1v) is 17.0. The first-order valence-electron chi connectivity index (χ1n) is 16.2. The highest BCUT2D eigenvalue weighted by molar-refractivity contribution is 7.22. The van der Waals surface area contributed by atoms with Gasteiger partial charge in [-0.2, -0.15) is 0 Å². The van der Waals surface area contributed by atoms with Gasteiger partial charge in [0.25, 0.3) is 5.91 Å². The van der Waals surface area contributed by atoms with Crippen LogP contribution >= 0.6 is 11.3 Å². The summed E-state index contributed by atoms with van der Waals surface area (Å²) in [4.78, 5) is 48.2. The fourth-order valence-corrected chi connectivity index (χ4v) is 7.72. The van der Waals surface area contributed by atoms with E-state index in [0.717, 1.165) is 60.0 Å². The second kappa shape index (κ2) is 13.6. The van der Waals surface area contributed by atoms with Gasteiger partial charge in [-0.3, -0.25) is 14.5 Å². The van der Waals surface area contributed by atoms with Crippen molar-refractivity contribution in [1.29, 1.82) is 0 Å². The molecule has 1 aliphatic heterocycles. The lowest BCUT2D eigenvalue weighted by atomic mass is 9.78. The molecule has 0 unspecified atom stereocenters. The number of carbonyl (C=O) groups is 2. The molecule has 3 atom stereocenters. The molecule has 3 aromatic heterocycles. The predicted molar refractivity (Wildman–Crippen MR) is 177 cm³/mol. The molecule has 3 fully saturated rings. The van der Waals surface area contributed by atoms with E-state index >= 15 is 0 Å². The van der Waals surface area contributed by atoms with E-state index in [9.17, 15) is 14.7 Å². The minimum atomic E-state index is -0.402. The van der Waals surface area contributed by atoms with Gasteiger partial charge in [0.15, 0.2) is 11.0 Å². The Bertz CT molecular complexity index is 1730. The van der Waals surface area contributed by atoms with Gasteiger partial charge in [0.05, 0.1) is 35.1 Å². The minimum absolute atomic E-state index is 0.00494. The van der Waals surface area contributed by atoms with Crippen molar-refractivity contribution in [3.63, 3.8) is 0 Å². The fourth-order valence-electron chi connectivity index (χ4n) is 6.81. The highest BCUT2D eigenvalue weighted by atomic mass is 32.1. The van der Waals surface area contributed by atoms with E-state index in [-0.39, 0.29) is 36.5 Å². The largest absolute Gasteiger partial charge is 0.481 e. The Morgan fingerprint density at radius 3 is 2.57 bits per heavy atom. The van der Waals surface area contributed by atoms with Gasteiger partial charge in [0.2, 0.25) is 11.8 Å². The highest BCUT2D eigenvalue weighted by Gasteiger charge is 2.41. The molecule has 4 heterocycles. The number of aliphatic hydroxyl groups excluding tert-OH is 1. The maximum atomic E-state index is 13.1. The summed E-state index contributed by atoms with van der Waals surface area (Å²) in [5.41, 5.74) is 3.24. The maximum Gasteiger partial charge on any atom is 0.255 e. The summed E-state index contributed by atoms with van der Waals surface area (Å²) in [5.74, 6) is 0.998.